The van der Waals surface area contributed by atoms with E-state index in [1.165, 1.54) is 0 Å². The number of hydrogen-bond acceptors (Lipinski definition) is 6. The number of likely N-dealkylation sites (tertiary alicyclic amines) is 1. The van der Waals surface area contributed by atoms with Crippen LogP contribution in [0.3, 0.4) is 0 Å². The highest BCUT2D eigenvalue weighted by Crippen LogP contribution is 2.16. The lowest BCUT2D eigenvalue weighted by molar-refractivity contribution is -0.119. The number of hydrogen-bond donors (Lipinski definition) is 3. The van der Waals surface area contributed by atoms with Crippen molar-refractivity contribution in [1.82, 2.24) is 15.2 Å². The topological polar surface area (TPSA) is 118 Å². The maximum atomic E-state index is 12.6. The van der Waals surface area contributed by atoms with Crippen LogP contribution in [0.15, 0.2) is 48.7 Å². The van der Waals surface area contributed by atoms with Crippen molar-refractivity contribution in [2.24, 2.45) is 5.73 Å². The van der Waals surface area contributed by atoms with Gasteiger partial charge in [0.1, 0.15) is 5.75 Å². The van der Waals surface area contributed by atoms with E-state index in [-0.39, 0.29) is 18.6 Å². The second-order valence-electron chi connectivity index (χ2n) is 7.13. The molecule has 1 aliphatic heterocycles. The Morgan fingerprint density at radius 1 is 1.24 bits per heavy atom. The molecule has 0 aliphatic carbocycles. The Bertz CT molecular complexity index is 813. The van der Waals surface area contributed by atoms with Crippen molar-refractivity contribution in [2.75, 3.05) is 19.7 Å². The number of ether oxygens (including phenoxy) is 1. The fourth-order valence-electron chi connectivity index (χ4n) is 3.33. The zero-order chi connectivity index (χ0) is 20.6. The quantitative estimate of drug-likeness (QED) is 0.632. The first kappa shape index (κ1) is 20.8. The van der Waals surface area contributed by atoms with E-state index < -0.39 is 12.0 Å². The van der Waals surface area contributed by atoms with Gasteiger partial charge in [0.25, 0.3) is 11.8 Å². The first-order valence-electron chi connectivity index (χ1n) is 9.63. The van der Waals surface area contributed by atoms with Crippen LogP contribution in [0.2, 0.25) is 0 Å². The SMILES string of the molecule is NC(=O)COc1ccc(C(=O)NC2CN(Cc3ccccn3)CCCC2O)cc1. The number of pyridine rings is 1. The van der Waals surface area contributed by atoms with Crippen LogP contribution in [-0.4, -0.2) is 58.6 Å². The average Bonchev–Trinajstić information content (AvgIpc) is 2.88. The summed E-state index contributed by atoms with van der Waals surface area (Å²) >= 11 is 0. The van der Waals surface area contributed by atoms with Crippen LogP contribution in [0.1, 0.15) is 28.9 Å². The van der Waals surface area contributed by atoms with Gasteiger partial charge in [-0.15, -0.1) is 0 Å². The first-order chi connectivity index (χ1) is 14.0. The second-order valence-corrected chi connectivity index (χ2v) is 7.13. The van der Waals surface area contributed by atoms with Gasteiger partial charge in [0.2, 0.25) is 0 Å². The van der Waals surface area contributed by atoms with Gasteiger partial charge < -0.3 is 20.9 Å². The minimum atomic E-state index is -0.606. The molecule has 2 amide bonds. The van der Waals surface area contributed by atoms with Gasteiger partial charge in [0.15, 0.2) is 6.61 Å². The number of nitrogens with zero attached hydrogens (tertiary/aromatic N) is 2. The molecule has 8 heteroatoms. The van der Waals surface area contributed by atoms with E-state index in [0.29, 0.717) is 30.8 Å². The molecule has 3 rings (SSSR count). The monoisotopic (exact) mass is 398 g/mol. The van der Waals surface area contributed by atoms with E-state index in [4.69, 9.17) is 10.5 Å². The van der Waals surface area contributed by atoms with E-state index >= 15 is 0 Å². The number of carbonyl (C=O) groups is 2. The molecule has 1 aromatic carbocycles. The molecule has 8 nitrogen and oxygen atoms in total. The van der Waals surface area contributed by atoms with Crippen molar-refractivity contribution in [3.05, 3.63) is 59.9 Å². The molecule has 1 aromatic heterocycles. The number of carbonyl (C=O) groups excluding carboxylic acids is 2. The number of nitrogens with two attached hydrogens (primary N) is 1. The van der Waals surface area contributed by atoms with E-state index in [0.717, 1.165) is 18.7 Å². The molecule has 2 atom stereocenters. The number of aliphatic hydroxyl groups excluding tert-OH is 1. The maximum Gasteiger partial charge on any atom is 0.255 e. The van der Waals surface area contributed by atoms with Gasteiger partial charge in [-0.1, -0.05) is 6.07 Å². The van der Waals surface area contributed by atoms with Gasteiger partial charge in [-0.3, -0.25) is 19.5 Å². The van der Waals surface area contributed by atoms with Crippen LogP contribution < -0.4 is 15.8 Å². The highest BCUT2D eigenvalue weighted by Gasteiger charge is 2.27. The summed E-state index contributed by atoms with van der Waals surface area (Å²) in [7, 11) is 0. The smallest absolute Gasteiger partial charge is 0.255 e. The zero-order valence-corrected chi connectivity index (χ0v) is 16.2. The molecule has 0 spiro atoms. The molecular weight excluding hydrogens is 372 g/mol. The van der Waals surface area contributed by atoms with Gasteiger partial charge in [0.05, 0.1) is 17.8 Å². The lowest BCUT2D eigenvalue weighted by atomic mass is 10.1. The molecule has 0 saturated carbocycles. The van der Waals surface area contributed by atoms with Crippen molar-refractivity contribution < 1.29 is 19.4 Å². The Kier molecular flexibility index (Phi) is 7.15. The Morgan fingerprint density at radius 3 is 2.72 bits per heavy atom. The Labute approximate surface area is 169 Å². The number of primary amides is 1. The fourth-order valence-corrected chi connectivity index (χ4v) is 3.33. The van der Waals surface area contributed by atoms with Crippen molar-refractivity contribution in [3.8, 4) is 5.75 Å². The van der Waals surface area contributed by atoms with E-state index in [2.05, 4.69) is 15.2 Å². The van der Waals surface area contributed by atoms with Crippen molar-refractivity contribution in [1.29, 1.82) is 0 Å². The second kappa shape index (κ2) is 9.99. The third-order valence-corrected chi connectivity index (χ3v) is 4.82. The molecule has 1 fully saturated rings. The Hall–Kier alpha value is -2.97. The van der Waals surface area contributed by atoms with E-state index in [9.17, 15) is 14.7 Å². The van der Waals surface area contributed by atoms with E-state index in [1.54, 1.807) is 30.5 Å². The third-order valence-electron chi connectivity index (χ3n) is 4.82. The van der Waals surface area contributed by atoms with Gasteiger partial charge in [-0.05, 0) is 55.8 Å². The minimum absolute atomic E-state index is 0.216. The summed E-state index contributed by atoms with van der Waals surface area (Å²) in [5.41, 5.74) is 6.46. The molecule has 0 bridgehead atoms. The normalized spacial score (nSPS) is 19.9. The lowest BCUT2D eigenvalue weighted by Crippen LogP contribution is -2.48. The number of rotatable bonds is 7. The highest BCUT2D eigenvalue weighted by atomic mass is 16.5. The Balaban J connectivity index is 1.60. The van der Waals surface area contributed by atoms with Crippen LogP contribution in [0.4, 0.5) is 0 Å². The summed E-state index contributed by atoms with van der Waals surface area (Å²) in [5, 5.41) is 13.4. The summed E-state index contributed by atoms with van der Waals surface area (Å²) in [6.07, 6.45) is 2.64. The minimum Gasteiger partial charge on any atom is -0.484 e. The van der Waals surface area contributed by atoms with Crippen LogP contribution in [0.25, 0.3) is 0 Å². The van der Waals surface area contributed by atoms with Gasteiger partial charge in [-0.2, -0.15) is 0 Å². The standard InChI is InChI=1S/C21H26N4O4/c22-20(27)14-29-17-8-6-15(7-9-17)21(28)24-18-13-25(11-3-5-19(18)26)12-16-4-1-2-10-23-16/h1-2,4,6-10,18-19,26H,3,5,11-14H2,(H2,22,27)(H,24,28). The lowest BCUT2D eigenvalue weighted by Gasteiger charge is -2.27. The number of nitrogens with one attached hydrogen (secondary N) is 1. The van der Waals surface area contributed by atoms with Gasteiger partial charge in [0, 0.05) is 24.8 Å². The third kappa shape index (κ3) is 6.27. The van der Waals surface area contributed by atoms with Crippen LogP contribution in [0.5, 0.6) is 5.75 Å². The largest absolute Gasteiger partial charge is 0.484 e. The number of benzene rings is 1. The van der Waals surface area contributed by atoms with Gasteiger partial charge in [-0.25, -0.2) is 0 Å². The van der Waals surface area contributed by atoms with Crippen molar-refractivity contribution in [2.45, 2.75) is 31.5 Å². The molecule has 1 saturated heterocycles. The molecule has 4 N–H and O–H groups in total. The Morgan fingerprint density at radius 2 is 2.03 bits per heavy atom. The summed E-state index contributed by atoms with van der Waals surface area (Å²) in [5.74, 6) is -0.379. The summed E-state index contributed by atoms with van der Waals surface area (Å²) < 4.78 is 5.20. The summed E-state index contributed by atoms with van der Waals surface area (Å²) in [4.78, 5) is 30.0. The predicted molar refractivity (Wildman–Crippen MR) is 107 cm³/mol. The molecule has 29 heavy (non-hydrogen) atoms. The van der Waals surface area contributed by atoms with Crippen LogP contribution >= 0.6 is 0 Å². The van der Waals surface area contributed by atoms with Crippen LogP contribution in [-0.2, 0) is 11.3 Å². The molecule has 1 aliphatic rings. The summed E-state index contributed by atoms with van der Waals surface area (Å²) in [6, 6.07) is 11.9. The van der Waals surface area contributed by atoms with Crippen LogP contribution in [0, 0.1) is 0 Å². The first-order valence-corrected chi connectivity index (χ1v) is 9.63. The zero-order valence-electron chi connectivity index (χ0n) is 16.2. The number of aliphatic hydroxyl groups is 1. The van der Waals surface area contributed by atoms with E-state index in [1.807, 2.05) is 18.2 Å². The molecule has 0 radical (unpaired) electrons. The average molecular weight is 398 g/mol. The number of aromatic nitrogens is 1. The van der Waals surface area contributed by atoms with Crippen molar-refractivity contribution >= 4 is 11.8 Å². The number of amides is 2. The molecule has 2 unspecified atom stereocenters. The van der Waals surface area contributed by atoms with Gasteiger partial charge >= 0.3 is 0 Å². The molecule has 2 heterocycles. The summed E-state index contributed by atoms with van der Waals surface area (Å²) in [6.45, 7) is 1.84. The highest BCUT2D eigenvalue weighted by molar-refractivity contribution is 5.94. The molecule has 2 aromatic rings. The fraction of sp³-hybridized carbons (Fsp3) is 0.381. The molecular formula is C21H26N4O4. The molecule has 154 valence electrons. The maximum absolute atomic E-state index is 12.6. The van der Waals surface area contributed by atoms with Crippen molar-refractivity contribution in [3.63, 3.8) is 0 Å². The predicted octanol–water partition coefficient (Wildman–Crippen LogP) is 0.701.